The first-order valence-corrected chi connectivity index (χ1v) is 15.0. The van der Waals surface area contributed by atoms with E-state index in [1.807, 2.05) is 61.5 Å². The molecule has 0 saturated heterocycles. The maximum absolute atomic E-state index is 14.5. The molecule has 0 aliphatic heterocycles. The molecule has 0 aliphatic rings. The number of nitrogens with one attached hydrogen (secondary N) is 2. The average Bonchev–Trinajstić information content (AvgIpc) is 2.95. The lowest BCUT2D eigenvalue weighted by Gasteiger charge is -2.35. The Kier molecular flexibility index (Phi) is 12.2. The van der Waals surface area contributed by atoms with Crippen LogP contribution in [0.3, 0.4) is 0 Å². The Morgan fingerprint density at radius 3 is 2.16 bits per heavy atom. The number of aromatic hydroxyl groups is 1. The molecule has 3 N–H and O–H groups in total. The number of aryl methyl sites for hydroxylation is 1. The first-order chi connectivity index (χ1) is 20.5. The van der Waals surface area contributed by atoms with Crippen molar-refractivity contribution in [3.63, 3.8) is 0 Å². The van der Waals surface area contributed by atoms with Gasteiger partial charge in [0, 0.05) is 18.7 Å². The molecule has 3 amide bonds. The molecule has 0 bridgehead atoms. The van der Waals surface area contributed by atoms with Crippen molar-refractivity contribution in [3.05, 3.63) is 95.6 Å². The van der Waals surface area contributed by atoms with Gasteiger partial charge in [-0.3, -0.25) is 9.59 Å². The number of alkyl carbamates (subject to hydrolysis) is 1. The summed E-state index contributed by atoms with van der Waals surface area (Å²) in [7, 11) is 0. The van der Waals surface area contributed by atoms with E-state index in [-0.39, 0.29) is 18.1 Å². The zero-order chi connectivity index (χ0) is 31.4. The smallest absolute Gasteiger partial charge is 0.408 e. The number of phenolic OH excluding ortho intramolecular Hbond substituents is 1. The van der Waals surface area contributed by atoms with Crippen LogP contribution in [0.5, 0.6) is 5.75 Å². The summed E-state index contributed by atoms with van der Waals surface area (Å²) in [4.78, 5) is 43.2. The number of para-hydroxylation sites is 1. The Morgan fingerprint density at radius 1 is 0.884 bits per heavy atom. The van der Waals surface area contributed by atoms with Crippen LogP contribution in [-0.4, -0.2) is 46.1 Å². The topological polar surface area (TPSA) is 108 Å². The summed E-state index contributed by atoms with van der Waals surface area (Å²) in [6.45, 7) is 9.59. The van der Waals surface area contributed by atoms with Crippen molar-refractivity contribution >= 4 is 23.6 Å². The van der Waals surface area contributed by atoms with Crippen LogP contribution < -0.4 is 10.6 Å². The third-order valence-electron chi connectivity index (χ3n) is 6.98. The molecule has 230 valence electrons. The van der Waals surface area contributed by atoms with Gasteiger partial charge in [-0.05, 0) is 69.0 Å². The van der Waals surface area contributed by atoms with Gasteiger partial charge in [0.1, 0.15) is 23.4 Å². The van der Waals surface area contributed by atoms with Gasteiger partial charge in [-0.2, -0.15) is 0 Å². The highest BCUT2D eigenvalue weighted by Crippen LogP contribution is 2.28. The number of nitrogens with zero attached hydrogens (tertiary/aromatic N) is 1. The third kappa shape index (κ3) is 10.5. The van der Waals surface area contributed by atoms with Crippen LogP contribution in [0.15, 0.2) is 78.9 Å². The van der Waals surface area contributed by atoms with Gasteiger partial charge in [-0.1, -0.05) is 86.8 Å². The van der Waals surface area contributed by atoms with Crippen molar-refractivity contribution in [2.45, 2.75) is 84.4 Å². The summed E-state index contributed by atoms with van der Waals surface area (Å²) in [5, 5.41) is 15.8. The van der Waals surface area contributed by atoms with Crippen molar-refractivity contribution in [2.75, 3.05) is 11.9 Å². The van der Waals surface area contributed by atoms with Gasteiger partial charge in [0.2, 0.25) is 5.91 Å². The zero-order valence-corrected chi connectivity index (χ0v) is 25.9. The van der Waals surface area contributed by atoms with E-state index in [1.54, 1.807) is 37.8 Å². The number of unbranched alkanes of at least 4 members (excludes halogenated alkanes) is 3. The monoisotopic (exact) mass is 587 g/mol. The Hall–Kier alpha value is -4.33. The molecule has 8 nitrogen and oxygen atoms in total. The molecule has 0 heterocycles. The molecule has 2 atom stereocenters. The van der Waals surface area contributed by atoms with E-state index in [0.717, 1.165) is 30.4 Å². The lowest BCUT2D eigenvalue weighted by atomic mass is 9.99. The lowest BCUT2D eigenvalue weighted by Crippen LogP contribution is -2.53. The summed E-state index contributed by atoms with van der Waals surface area (Å²) >= 11 is 0. The molecule has 2 unspecified atom stereocenters. The van der Waals surface area contributed by atoms with E-state index in [9.17, 15) is 19.5 Å². The van der Waals surface area contributed by atoms with Crippen LogP contribution in [0, 0.1) is 6.92 Å². The molecule has 0 spiro atoms. The molecule has 0 aliphatic carbocycles. The Morgan fingerprint density at radius 2 is 1.53 bits per heavy atom. The zero-order valence-electron chi connectivity index (χ0n) is 25.9. The second-order valence-corrected chi connectivity index (χ2v) is 11.8. The Balaban J connectivity index is 2.06. The van der Waals surface area contributed by atoms with Gasteiger partial charge in [-0.25, -0.2) is 4.79 Å². The minimum Gasteiger partial charge on any atom is -0.508 e. The van der Waals surface area contributed by atoms with Crippen LogP contribution in [0.2, 0.25) is 0 Å². The van der Waals surface area contributed by atoms with Crippen molar-refractivity contribution in [3.8, 4) is 5.75 Å². The molecule has 0 fully saturated rings. The minimum atomic E-state index is -1.02. The van der Waals surface area contributed by atoms with E-state index in [2.05, 4.69) is 17.6 Å². The van der Waals surface area contributed by atoms with Crippen LogP contribution in [0.25, 0.3) is 0 Å². The molecule has 0 saturated carbocycles. The number of carbonyl (C=O) groups is 3. The van der Waals surface area contributed by atoms with Crippen LogP contribution >= 0.6 is 0 Å². The number of carbonyl (C=O) groups excluding carboxylic acids is 3. The number of rotatable bonds is 13. The summed E-state index contributed by atoms with van der Waals surface area (Å²) in [6, 6.07) is 21.2. The molecular weight excluding hydrogens is 542 g/mol. The largest absolute Gasteiger partial charge is 0.508 e. The first kappa shape index (κ1) is 33.2. The van der Waals surface area contributed by atoms with E-state index in [4.69, 9.17) is 4.74 Å². The van der Waals surface area contributed by atoms with Crippen LogP contribution in [0.1, 0.15) is 76.1 Å². The normalized spacial score (nSPS) is 12.6. The SMILES string of the molecule is CCCCCCN(C(=O)C(Cc1ccccc1)NC(=O)OC(C)(C)C)C(C(=O)Nc1ccccc1C)c1ccc(O)cc1. The Labute approximate surface area is 255 Å². The van der Waals surface area contributed by atoms with E-state index in [0.29, 0.717) is 24.2 Å². The van der Waals surface area contributed by atoms with Crippen LogP contribution in [0.4, 0.5) is 10.5 Å². The van der Waals surface area contributed by atoms with Crippen molar-refractivity contribution in [1.29, 1.82) is 0 Å². The molecule has 3 aromatic rings. The number of ether oxygens (including phenoxy) is 1. The van der Waals surface area contributed by atoms with Gasteiger partial charge in [-0.15, -0.1) is 0 Å². The van der Waals surface area contributed by atoms with Crippen molar-refractivity contribution < 1.29 is 24.2 Å². The predicted molar refractivity (Wildman–Crippen MR) is 170 cm³/mol. The van der Waals surface area contributed by atoms with Crippen molar-refractivity contribution in [1.82, 2.24) is 10.2 Å². The van der Waals surface area contributed by atoms with Gasteiger partial charge < -0.3 is 25.4 Å². The number of phenols is 1. The number of amides is 3. The van der Waals surface area contributed by atoms with Crippen molar-refractivity contribution in [2.24, 2.45) is 0 Å². The predicted octanol–water partition coefficient (Wildman–Crippen LogP) is 6.93. The average molecular weight is 588 g/mol. The quantitative estimate of drug-likeness (QED) is 0.188. The summed E-state index contributed by atoms with van der Waals surface area (Å²) in [6.07, 6.45) is 3.07. The fraction of sp³-hybridized carbons (Fsp3) is 0.400. The summed E-state index contributed by atoms with van der Waals surface area (Å²) < 4.78 is 5.52. The van der Waals surface area contributed by atoms with Gasteiger partial charge in [0.15, 0.2) is 0 Å². The molecule has 3 rings (SSSR count). The van der Waals surface area contributed by atoms with Gasteiger partial charge >= 0.3 is 6.09 Å². The Bertz CT molecular complexity index is 1340. The highest BCUT2D eigenvalue weighted by Gasteiger charge is 2.36. The number of hydrogen-bond donors (Lipinski definition) is 3. The fourth-order valence-corrected chi connectivity index (χ4v) is 4.82. The molecule has 0 radical (unpaired) electrons. The molecule has 3 aromatic carbocycles. The van der Waals surface area contributed by atoms with Gasteiger partial charge in [0.25, 0.3) is 5.91 Å². The number of anilines is 1. The third-order valence-corrected chi connectivity index (χ3v) is 6.98. The first-order valence-electron chi connectivity index (χ1n) is 15.0. The summed E-state index contributed by atoms with van der Waals surface area (Å²) in [5.74, 6) is -0.736. The number of hydrogen-bond acceptors (Lipinski definition) is 5. The molecule has 43 heavy (non-hydrogen) atoms. The standard InChI is InChI=1S/C35H45N3O5/c1-6-7-8-14-23-38(33(41)30(24-26-16-10-9-11-17-26)37-34(42)43-35(3,4)5)31(27-19-21-28(39)22-20-27)32(40)36-29-18-13-12-15-25(29)2/h9-13,15-22,30-31,39H,6-8,14,23-24H2,1-5H3,(H,36,40)(H,37,42). The maximum atomic E-state index is 14.5. The lowest BCUT2D eigenvalue weighted by molar-refractivity contribution is -0.140. The second kappa shape index (κ2) is 15.8. The molecule has 8 heteroatoms. The highest BCUT2D eigenvalue weighted by atomic mass is 16.6. The highest BCUT2D eigenvalue weighted by molar-refractivity contribution is 5.99. The minimum absolute atomic E-state index is 0.0520. The van der Waals surface area contributed by atoms with Crippen LogP contribution in [-0.2, 0) is 20.7 Å². The fourth-order valence-electron chi connectivity index (χ4n) is 4.82. The summed E-state index contributed by atoms with van der Waals surface area (Å²) in [5.41, 5.74) is 2.17. The van der Waals surface area contributed by atoms with Gasteiger partial charge in [0.05, 0.1) is 0 Å². The second-order valence-electron chi connectivity index (χ2n) is 11.8. The maximum Gasteiger partial charge on any atom is 0.408 e. The molecule has 0 aromatic heterocycles. The van der Waals surface area contributed by atoms with E-state index < -0.39 is 29.7 Å². The molecular formula is C35H45N3O5. The van der Waals surface area contributed by atoms with E-state index >= 15 is 0 Å². The van der Waals surface area contributed by atoms with E-state index in [1.165, 1.54) is 12.1 Å². The number of benzene rings is 3.